The summed E-state index contributed by atoms with van der Waals surface area (Å²) >= 11 is 11.7. The Bertz CT molecular complexity index is 1370. The molecule has 0 saturated heterocycles. The predicted molar refractivity (Wildman–Crippen MR) is 130 cm³/mol. The molecule has 3 aromatic heterocycles. The third kappa shape index (κ3) is 6.61. The van der Waals surface area contributed by atoms with E-state index in [2.05, 4.69) is 25.1 Å². The first kappa shape index (κ1) is 26.7. The number of aromatic nitrogens is 4. The van der Waals surface area contributed by atoms with E-state index in [0.717, 1.165) is 16.6 Å². The van der Waals surface area contributed by atoms with Gasteiger partial charge in [-0.1, -0.05) is 35.3 Å². The summed E-state index contributed by atoms with van der Waals surface area (Å²) < 4.78 is 34.1. The summed E-state index contributed by atoms with van der Waals surface area (Å²) in [6.07, 6.45) is 3.15. The van der Waals surface area contributed by atoms with Gasteiger partial charge in [0, 0.05) is 32.0 Å². The average Bonchev–Trinajstić information content (AvgIpc) is 2.83. The van der Waals surface area contributed by atoms with E-state index in [9.17, 15) is 18.0 Å². The first-order valence-corrected chi connectivity index (χ1v) is 12.5. The summed E-state index contributed by atoms with van der Waals surface area (Å²) in [5.41, 5.74) is 0.328. The fourth-order valence-corrected chi connectivity index (χ4v) is 4.53. The summed E-state index contributed by atoms with van der Waals surface area (Å²) in [7, 11) is -2.64. The highest BCUT2D eigenvalue weighted by Crippen LogP contribution is 2.19. The second-order valence-corrected chi connectivity index (χ2v) is 9.77. The molecule has 35 heavy (non-hydrogen) atoms. The van der Waals surface area contributed by atoms with Crippen LogP contribution in [-0.4, -0.2) is 54.3 Å². The molecule has 11 nitrogen and oxygen atoms in total. The van der Waals surface area contributed by atoms with Crippen molar-refractivity contribution in [2.75, 3.05) is 25.6 Å². The normalized spacial score (nSPS) is 12.3. The third-order valence-corrected chi connectivity index (χ3v) is 7.03. The minimum Gasteiger partial charge on any atom is -0.382 e. The number of hydrogen-bond donors (Lipinski definition) is 2. The highest BCUT2D eigenvalue weighted by molar-refractivity contribution is 7.89. The number of hydrogen-bond acceptors (Lipinski definition) is 8. The maximum absolute atomic E-state index is 12.9. The summed E-state index contributed by atoms with van der Waals surface area (Å²) in [6.45, 7) is 1.47. The number of anilines is 1. The van der Waals surface area contributed by atoms with Gasteiger partial charge >= 0.3 is 0 Å². The van der Waals surface area contributed by atoms with Crippen molar-refractivity contribution < 1.29 is 17.9 Å². The van der Waals surface area contributed by atoms with Crippen LogP contribution in [0.3, 0.4) is 0 Å². The van der Waals surface area contributed by atoms with E-state index in [1.807, 2.05) is 6.07 Å². The van der Waals surface area contributed by atoms with Crippen molar-refractivity contribution in [3.05, 3.63) is 74.4 Å². The lowest BCUT2D eigenvalue weighted by Crippen LogP contribution is -2.38. The lowest BCUT2D eigenvalue weighted by Gasteiger charge is -2.18. The van der Waals surface area contributed by atoms with E-state index >= 15 is 0 Å². The Balaban J connectivity index is 1.79. The quantitative estimate of drug-likeness (QED) is 0.397. The van der Waals surface area contributed by atoms with Gasteiger partial charge in [0.15, 0.2) is 11.1 Å². The van der Waals surface area contributed by atoms with Gasteiger partial charge in [-0.05, 0) is 30.7 Å². The van der Waals surface area contributed by atoms with Gasteiger partial charge in [0.05, 0.1) is 17.8 Å². The zero-order chi connectivity index (χ0) is 25.6. The molecule has 3 heterocycles. The molecule has 1 atom stereocenters. The van der Waals surface area contributed by atoms with Crippen LogP contribution in [-0.2, 0) is 26.0 Å². The number of pyridine rings is 2. The molecule has 3 aromatic rings. The number of nitrogens with one attached hydrogen (secondary N) is 2. The molecule has 3 rings (SSSR count). The Labute approximate surface area is 211 Å². The number of halogens is 2. The fourth-order valence-electron chi connectivity index (χ4n) is 3.05. The van der Waals surface area contributed by atoms with Gasteiger partial charge in [-0.2, -0.15) is 5.10 Å². The standard InChI is InChI=1S/C21H22Cl2N6O5S/c1-13-6-7-17(28-20(13)35(32,33)26-10-8-14-5-3-4-9-24-14)27-19(30)16(12-34-2)29-21(31)18(23)15(22)11-25-29/h3-7,9,11,16,26H,8,10,12H2,1-2H3,(H,27,28,30). The van der Waals surface area contributed by atoms with Gasteiger partial charge in [0.25, 0.3) is 21.5 Å². The Morgan fingerprint density at radius 1 is 1.23 bits per heavy atom. The van der Waals surface area contributed by atoms with Crippen LogP contribution in [0.25, 0.3) is 0 Å². The summed E-state index contributed by atoms with van der Waals surface area (Å²) in [4.78, 5) is 33.6. The summed E-state index contributed by atoms with van der Waals surface area (Å²) in [6, 6.07) is 7.10. The summed E-state index contributed by atoms with van der Waals surface area (Å²) in [5, 5.41) is 5.76. The predicted octanol–water partition coefficient (Wildman–Crippen LogP) is 2.00. The van der Waals surface area contributed by atoms with E-state index in [-0.39, 0.29) is 34.0 Å². The molecule has 0 saturated carbocycles. The van der Waals surface area contributed by atoms with Crippen LogP contribution >= 0.6 is 23.2 Å². The number of amides is 1. The third-order valence-electron chi connectivity index (χ3n) is 4.78. The number of carbonyl (C=O) groups is 1. The van der Waals surface area contributed by atoms with Gasteiger partial charge in [-0.25, -0.2) is 22.8 Å². The van der Waals surface area contributed by atoms with Crippen molar-refractivity contribution in [1.82, 2.24) is 24.5 Å². The molecule has 0 aliphatic heterocycles. The molecule has 0 aromatic carbocycles. The molecule has 0 aliphatic rings. The molecule has 1 amide bonds. The Morgan fingerprint density at radius 2 is 2.00 bits per heavy atom. The Kier molecular flexibility index (Phi) is 8.92. The number of aryl methyl sites for hydroxylation is 1. The van der Waals surface area contributed by atoms with E-state index < -0.39 is 27.5 Å². The van der Waals surface area contributed by atoms with Gasteiger partial charge in [0.1, 0.15) is 10.8 Å². The fraction of sp³-hybridized carbons (Fsp3) is 0.286. The Morgan fingerprint density at radius 3 is 2.69 bits per heavy atom. The number of ether oxygens (including phenoxy) is 1. The van der Waals surface area contributed by atoms with Gasteiger partial charge in [0.2, 0.25) is 0 Å². The molecule has 1 unspecified atom stereocenters. The second-order valence-electron chi connectivity index (χ2n) is 7.30. The molecule has 0 radical (unpaired) electrons. The first-order valence-electron chi connectivity index (χ1n) is 10.2. The van der Waals surface area contributed by atoms with E-state index in [1.54, 1.807) is 25.3 Å². The molecule has 0 fully saturated rings. The van der Waals surface area contributed by atoms with E-state index in [1.165, 1.54) is 19.2 Å². The molecule has 186 valence electrons. The monoisotopic (exact) mass is 540 g/mol. The number of carbonyl (C=O) groups excluding carboxylic acids is 1. The molecule has 0 bridgehead atoms. The van der Waals surface area contributed by atoms with Crippen LogP contribution in [0.1, 0.15) is 17.3 Å². The van der Waals surface area contributed by atoms with E-state index in [4.69, 9.17) is 27.9 Å². The molecule has 14 heteroatoms. The smallest absolute Gasteiger partial charge is 0.287 e. The number of methoxy groups -OCH3 is 1. The zero-order valence-electron chi connectivity index (χ0n) is 18.7. The van der Waals surface area contributed by atoms with Crippen molar-refractivity contribution in [2.45, 2.75) is 24.4 Å². The first-order chi connectivity index (χ1) is 16.6. The van der Waals surface area contributed by atoms with Crippen LogP contribution in [0.2, 0.25) is 10.0 Å². The number of nitrogens with zero attached hydrogens (tertiary/aromatic N) is 4. The second kappa shape index (κ2) is 11.7. The van der Waals surface area contributed by atoms with Crippen LogP contribution in [0.4, 0.5) is 5.82 Å². The van der Waals surface area contributed by atoms with Crippen molar-refractivity contribution >= 4 is 45.0 Å². The topological polar surface area (TPSA) is 145 Å². The van der Waals surface area contributed by atoms with E-state index in [0.29, 0.717) is 12.0 Å². The minimum absolute atomic E-state index is 0.0417. The number of sulfonamides is 1. The molecule has 2 N–H and O–H groups in total. The Hall–Kier alpha value is -2.90. The van der Waals surface area contributed by atoms with Gasteiger partial charge < -0.3 is 10.1 Å². The largest absolute Gasteiger partial charge is 0.382 e. The average molecular weight is 541 g/mol. The van der Waals surface area contributed by atoms with Crippen LogP contribution in [0, 0.1) is 6.92 Å². The zero-order valence-corrected chi connectivity index (χ0v) is 21.1. The van der Waals surface area contributed by atoms with Crippen molar-refractivity contribution in [2.24, 2.45) is 0 Å². The SMILES string of the molecule is COCC(C(=O)Nc1ccc(C)c(S(=O)(=O)NCCc2ccccn2)n1)n1ncc(Cl)c(Cl)c1=O. The molecule has 0 aliphatic carbocycles. The van der Waals surface area contributed by atoms with Gasteiger partial charge in [-0.3, -0.25) is 14.6 Å². The lowest BCUT2D eigenvalue weighted by atomic mass is 10.2. The lowest BCUT2D eigenvalue weighted by molar-refractivity contribution is -0.121. The van der Waals surface area contributed by atoms with Crippen LogP contribution in [0.15, 0.2) is 52.5 Å². The van der Waals surface area contributed by atoms with Crippen molar-refractivity contribution in [3.8, 4) is 0 Å². The molecule has 0 spiro atoms. The van der Waals surface area contributed by atoms with Crippen molar-refractivity contribution in [3.63, 3.8) is 0 Å². The maximum atomic E-state index is 12.9. The van der Waals surface area contributed by atoms with Gasteiger partial charge in [-0.15, -0.1) is 0 Å². The minimum atomic E-state index is -3.98. The van der Waals surface area contributed by atoms with Crippen LogP contribution < -0.4 is 15.6 Å². The summed E-state index contributed by atoms with van der Waals surface area (Å²) in [5.74, 6) is -0.762. The van der Waals surface area contributed by atoms with Crippen molar-refractivity contribution in [1.29, 1.82) is 0 Å². The highest BCUT2D eigenvalue weighted by Gasteiger charge is 2.26. The maximum Gasteiger partial charge on any atom is 0.287 e. The highest BCUT2D eigenvalue weighted by atomic mass is 35.5. The number of rotatable bonds is 10. The molecular weight excluding hydrogens is 519 g/mol. The van der Waals surface area contributed by atoms with Crippen LogP contribution in [0.5, 0.6) is 0 Å². The molecular formula is C21H22Cl2N6O5S.